The summed E-state index contributed by atoms with van der Waals surface area (Å²) in [4.78, 5) is 14.2. The van der Waals surface area contributed by atoms with Gasteiger partial charge >= 0.3 is 0 Å². The fourth-order valence-electron chi connectivity index (χ4n) is 2.71. The Bertz CT molecular complexity index is 621. The summed E-state index contributed by atoms with van der Waals surface area (Å²) in [5.41, 5.74) is 5.54. The van der Waals surface area contributed by atoms with Gasteiger partial charge in [-0.3, -0.25) is 9.48 Å². The van der Waals surface area contributed by atoms with Crippen LogP contribution in [0.3, 0.4) is 0 Å². The Hall–Kier alpha value is -1.61. The lowest BCUT2D eigenvalue weighted by Crippen LogP contribution is -2.39. The minimum Gasteiger partial charge on any atom is -0.374 e. The highest BCUT2D eigenvalue weighted by atomic mass is 32.2. The van der Waals surface area contributed by atoms with Crippen LogP contribution in [0.1, 0.15) is 19.3 Å². The Labute approximate surface area is 143 Å². The van der Waals surface area contributed by atoms with Crippen molar-refractivity contribution in [2.45, 2.75) is 30.1 Å². The molecule has 0 aromatic carbocycles. The van der Waals surface area contributed by atoms with Gasteiger partial charge in [-0.25, -0.2) is 0 Å². The molecule has 1 aliphatic rings. The van der Waals surface area contributed by atoms with E-state index >= 15 is 0 Å². The molecule has 124 valence electrons. The van der Waals surface area contributed by atoms with Gasteiger partial charge in [0, 0.05) is 32.0 Å². The van der Waals surface area contributed by atoms with Crippen LogP contribution in [0.5, 0.6) is 0 Å². The Morgan fingerprint density at radius 3 is 2.87 bits per heavy atom. The first-order valence-corrected chi connectivity index (χ1v) is 9.48. The molecule has 9 heteroatoms. The molecule has 23 heavy (non-hydrogen) atoms. The van der Waals surface area contributed by atoms with Crippen LogP contribution in [-0.4, -0.2) is 49.6 Å². The van der Waals surface area contributed by atoms with E-state index in [1.165, 1.54) is 23.1 Å². The molecule has 2 aromatic rings. The number of carbonyl (C=O) groups is 1. The number of hydrogen-bond donors (Lipinski definition) is 1. The number of thioether (sulfide) groups is 1. The largest absolute Gasteiger partial charge is 0.374 e. The average molecular weight is 352 g/mol. The summed E-state index contributed by atoms with van der Waals surface area (Å²) >= 11 is 2.74. The lowest BCUT2D eigenvalue weighted by molar-refractivity contribution is -0.129. The second kappa shape index (κ2) is 7.78. The summed E-state index contributed by atoms with van der Waals surface area (Å²) in [7, 11) is 0. The SMILES string of the molecule is Nc1nnc(SCC(=O)N2CCC(CCn3cccn3)CC2)s1. The zero-order valence-electron chi connectivity index (χ0n) is 12.8. The van der Waals surface area contributed by atoms with Gasteiger partial charge in [0.25, 0.3) is 0 Å². The zero-order valence-corrected chi connectivity index (χ0v) is 14.4. The lowest BCUT2D eigenvalue weighted by atomic mass is 9.93. The molecule has 0 bridgehead atoms. The van der Waals surface area contributed by atoms with Crippen LogP contribution in [0, 0.1) is 5.92 Å². The monoisotopic (exact) mass is 352 g/mol. The second-order valence-corrected chi connectivity index (χ2v) is 7.81. The van der Waals surface area contributed by atoms with Crippen LogP contribution in [0.15, 0.2) is 22.8 Å². The fraction of sp³-hybridized carbons (Fsp3) is 0.571. The zero-order chi connectivity index (χ0) is 16.1. The molecule has 0 unspecified atom stereocenters. The van der Waals surface area contributed by atoms with E-state index in [0.29, 0.717) is 16.8 Å². The van der Waals surface area contributed by atoms with Crippen LogP contribution >= 0.6 is 23.1 Å². The van der Waals surface area contributed by atoms with Crippen molar-refractivity contribution in [3.8, 4) is 0 Å². The average Bonchev–Trinajstić information content (AvgIpc) is 3.22. The number of likely N-dealkylation sites (tertiary alicyclic amines) is 1. The van der Waals surface area contributed by atoms with E-state index in [-0.39, 0.29) is 5.91 Å². The summed E-state index contributed by atoms with van der Waals surface area (Å²) in [6.45, 7) is 2.66. The Morgan fingerprint density at radius 2 is 2.22 bits per heavy atom. The van der Waals surface area contributed by atoms with Gasteiger partial charge < -0.3 is 10.6 Å². The molecular weight excluding hydrogens is 332 g/mol. The minimum absolute atomic E-state index is 0.175. The number of nitrogens with two attached hydrogens (primary N) is 1. The van der Waals surface area contributed by atoms with Gasteiger partial charge in [-0.05, 0) is 31.2 Å². The predicted octanol–water partition coefficient (Wildman–Crippen LogP) is 1.74. The van der Waals surface area contributed by atoms with Crippen molar-refractivity contribution in [3.63, 3.8) is 0 Å². The Morgan fingerprint density at radius 1 is 1.39 bits per heavy atom. The third kappa shape index (κ3) is 4.68. The summed E-state index contributed by atoms with van der Waals surface area (Å²) in [6.07, 6.45) is 7.08. The molecule has 0 aliphatic carbocycles. The van der Waals surface area contributed by atoms with Gasteiger partial charge in [0.15, 0.2) is 4.34 Å². The van der Waals surface area contributed by atoms with Crippen LogP contribution in [-0.2, 0) is 11.3 Å². The van der Waals surface area contributed by atoms with E-state index in [1.807, 2.05) is 28.0 Å². The first kappa shape index (κ1) is 16.3. The molecule has 0 saturated carbocycles. The predicted molar refractivity (Wildman–Crippen MR) is 91.2 cm³/mol. The van der Waals surface area contributed by atoms with Crippen molar-refractivity contribution in [1.29, 1.82) is 0 Å². The molecule has 2 N–H and O–H groups in total. The molecule has 7 nitrogen and oxygen atoms in total. The number of nitrogens with zero attached hydrogens (tertiary/aromatic N) is 5. The lowest BCUT2D eigenvalue weighted by Gasteiger charge is -2.32. The summed E-state index contributed by atoms with van der Waals surface area (Å²) in [5.74, 6) is 1.26. The molecule has 2 aromatic heterocycles. The first-order chi connectivity index (χ1) is 11.2. The molecule has 1 fully saturated rings. The van der Waals surface area contributed by atoms with E-state index in [4.69, 9.17) is 5.73 Å². The van der Waals surface area contributed by atoms with Gasteiger partial charge in [0.1, 0.15) is 0 Å². The third-order valence-electron chi connectivity index (χ3n) is 4.03. The van der Waals surface area contributed by atoms with Crippen molar-refractivity contribution in [3.05, 3.63) is 18.5 Å². The summed E-state index contributed by atoms with van der Waals surface area (Å²) in [6, 6.07) is 1.95. The molecule has 0 radical (unpaired) electrons. The molecule has 1 saturated heterocycles. The summed E-state index contributed by atoms with van der Waals surface area (Å²) in [5, 5.41) is 12.3. The van der Waals surface area contributed by atoms with Crippen LogP contribution in [0.4, 0.5) is 5.13 Å². The van der Waals surface area contributed by atoms with Gasteiger partial charge in [0.2, 0.25) is 11.0 Å². The molecule has 1 aliphatic heterocycles. The number of hydrogen-bond acceptors (Lipinski definition) is 7. The topological polar surface area (TPSA) is 89.9 Å². The Kier molecular flexibility index (Phi) is 5.50. The van der Waals surface area contributed by atoms with Crippen molar-refractivity contribution in [2.24, 2.45) is 5.92 Å². The van der Waals surface area contributed by atoms with Gasteiger partial charge in [-0.1, -0.05) is 23.1 Å². The molecule has 0 spiro atoms. The quantitative estimate of drug-likeness (QED) is 0.797. The smallest absolute Gasteiger partial charge is 0.233 e. The standard InChI is InChI=1S/C14H20N6OS2/c15-13-17-18-14(23-13)22-10-12(21)19-7-2-11(3-8-19)4-9-20-6-1-5-16-20/h1,5-6,11H,2-4,7-10H2,(H2,15,17). The highest BCUT2D eigenvalue weighted by Crippen LogP contribution is 2.25. The van der Waals surface area contributed by atoms with E-state index in [1.54, 1.807) is 0 Å². The van der Waals surface area contributed by atoms with E-state index in [0.717, 1.165) is 43.2 Å². The number of amides is 1. The van der Waals surface area contributed by atoms with Gasteiger partial charge in [-0.2, -0.15) is 5.10 Å². The second-order valence-electron chi connectivity index (χ2n) is 5.58. The van der Waals surface area contributed by atoms with E-state index < -0.39 is 0 Å². The van der Waals surface area contributed by atoms with Crippen LogP contribution in [0.25, 0.3) is 0 Å². The number of aryl methyl sites for hydroxylation is 1. The third-order valence-corrected chi connectivity index (χ3v) is 5.90. The number of nitrogen functional groups attached to an aromatic ring is 1. The number of carbonyl (C=O) groups excluding carboxylic acids is 1. The van der Waals surface area contributed by atoms with Crippen molar-refractivity contribution < 1.29 is 4.79 Å². The van der Waals surface area contributed by atoms with E-state index in [9.17, 15) is 4.79 Å². The molecule has 3 heterocycles. The molecule has 3 rings (SSSR count). The maximum absolute atomic E-state index is 12.2. The van der Waals surface area contributed by atoms with Crippen molar-refractivity contribution >= 4 is 34.1 Å². The first-order valence-electron chi connectivity index (χ1n) is 7.67. The summed E-state index contributed by atoms with van der Waals surface area (Å²) < 4.78 is 2.73. The highest BCUT2D eigenvalue weighted by molar-refractivity contribution is 8.01. The van der Waals surface area contributed by atoms with Crippen molar-refractivity contribution in [1.82, 2.24) is 24.9 Å². The van der Waals surface area contributed by atoms with Crippen molar-refractivity contribution in [2.75, 3.05) is 24.6 Å². The number of rotatable bonds is 6. The Balaban J connectivity index is 1.37. The van der Waals surface area contributed by atoms with Crippen LogP contribution < -0.4 is 5.73 Å². The maximum atomic E-state index is 12.2. The minimum atomic E-state index is 0.175. The van der Waals surface area contributed by atoms with Gasteiger partial charge in [-0.15, -0.1) is 10.2 Å². The van der Waals surface area contributed by atoms with E-state index in [2.05, 4.69) is 15.3 Å². The normalized spacial score (nSPS) is 15.9. The fourth-order valence-corrected chi connectivity index (χ4v) is 4.25. The van der Waals surface area contributed by atoms with Gasteiger partial charge in [0.05, 0.1) is 5.75 Å². The molecule has 1 amide bonds. The van der Waals surface area contributed by atoms with Crippen LogP contribution in [0.2, 0.25) is 0 Å². The number of anilines is 1. The maximum Gasteiger partial charge on any atom is 0.233 e. The molecule has 0 atom stereocenters. The highest BCUT2D eigenvalue weighted by Gasteiger charge is 2.23. The molecular formula is C14H20N6OS2. The number of piperidine rings is 1. The number of aromatic nitrogens is 4.